The van der Waals surface area contributed by atoms with Crippen LogP contribution in [0.15, 0.2) is 115 Å². The van der Waals surface area contributed by atoms with Gasteiger partial charge in [0.15, 0.2) is 0 Å². The highest BCUT2D eigenvalue weighted by molar-refractivity contribution is 6.34. The third-order valence-electron chi connectivity index (χ3n) is 11.7. The van der Waals surface area contributed by atoms with E-state index in [4.69, 9.17) is 0 Å². The molecule has 45 heavy (non-hydrogen) atoms. The van der Waals surface area contributed by atoms with E-state index in [1.54, 1.807) is 0 Å². The van der Waals surface area contributed by atoms with Gasteiger partial charge in [0.05, 0.1) is 16.6 Å². The molecule has 0 unspecified atom stereocenters. The Morgan fingerprint density at radius 2 is 0.978 bits per heavy atom. The van der Waals surface area contributed by atoms with Gasteiger partial charge in [0.1, 0.15) is 0 Å². The SMILES string of the molecule is CC1(C)c2ccccc2-c2cc3c4cc5c6ccccc6ccc5c5c6cc7c(cc6n(c3cc21)c45)C(C)(C)c1ccccc1-7. The van der Waals surface area contributed by atoms with Gasteiger partial charge < -0.3 is 4.40 Å². The molecule has 2 heterocycles. The first-order valence-electron chi connectivity index (χ1n) is 16.2. The van der Waals surface area contributed by atoms with Crippen molar-refractivity contribution in [1.82, 2.24) is 4.40 Å². The second-order valence-electron chi connectivity index (χ2n) is 14.5. The number of hydrogen-bond acceptors (Lipinski definition) is 0. The molecule has 9 aromatic rings. The third-order valence-corrected chi connectivity index (χ3v) is 11.7. The van der Waals surface area contributed by atoms with Gasteiger partial charge in [-0.2, -0.15) is 0 Å². The fourth-order valence-corrected chi connectivity index (χ4v) is 9.48. The van der Waals surface area contributed by atoms with Gasteiger partial charge in [0, 0.05) is 32.4 Å². The lowest BCUT2D eigenvalue weighted by Gasteiger charge is -2.22. The summed E-state index contributed by atoms with van der Waals surface area (Å²) in [5, 5.41) is 10.7. The highest BCUT2D eigenvalue weighted by Crippen LogP contribution is 2.55. The molecule has 0 fully saturated rings. The summed E-state index contributed by atoms with van der Waals surface area (Å²) in [6.45, 7) is 9.57. The largest absolute Gasteiger partial charge is 0.308 e. The van der Waals surface area contributed by atoms with E-state index >= 15 is 0 Å². The smallest absolute Gasteiger partial charge is 0.0626 e. The van der Waals surface area contributed by atoms with Gasteiger partial charge in [-0.1, -0.05) is 113 Å². The van der Waals surface area contributed by atoms with E-state index in [-0.39, 0.29) is 10.8 Å². The average molecular weight is 574 g/mol. The van der Waals surface area contributed by atoms with Crippen molar-refractivity contribution in [2.75, 3.05) is 0 Å². The topological polar surface area (TPSA) is 4.41 Å². The van der Waals surface area contributed by atoms with Crippen LogP contribution in [0, 0.1) is 0 Å². The van der Waals surface area contributed by atoms with Crippen molar-refractivity contribution >= 4 is 59.6 Å². The highest BCUT2D eigenvalue weighted by Gasteiger charge is 2.38. The molecule has 2 aromatic heterocycles. The first-order chi connectivity index (χ1) is 21.8. The fraction of sp³-hybridized carbons (Fsp3) is 0.136. The minimum Gasteiger partial charge on any atom is -0.308 e. The van der Waals surface area contributed by atoms with E-state index in [1.807, 2.05) is 0 Å². The number of nitrogens with zero attached hydrogens (tertiary/aromatic N) is 1. The molecule has 0 N–H and O–H groups in total. The van der Waals surface area contributed by atoms with E-state index in [9.17, 15) is 0 Å². The summed E-state index contributed by atoms with van der Waals surface area (Å²) in [6, 6.07) is 44.2. The van der Waals surface area contributed by atoms with Crippen LogP contribution in [0.1, 0.15) is 49.9 Å². The zero-order chi connectivity index (χ0) is 30.0. The van der Waals surface area contributed by atoms with E-state index in [0.717, 1.165) is 0 Å². The third kappa shape index (κ3) is 2.66. The van der Waals surface area contributed by atoms with Crippen LogP contribution < -0.4 is 0 Å². The van der Waals surface area contributed by atoms with Crippen molar-refractivity contribution in [3.05, 3.63) is 138 Å². The van der Waals surface area contributed by atoms with Crippen LogP contribution >= 0.6 is 0 Å². The molecule has 7 aromatic carbocycles. The Morgan fingerprint density at radius 1 is 0.400 bits per heavy atom. The van der Waals surface area contributed by atoms with Gasteiger partial charge in [-0.15, -0.1) is 0 Å². The molecule has 0 amide bonds. The Balaban J connectivity index is 1.40. The molecule has 0 bridgehead atoms. The van der Waals surface area contributed by atoms with Crippen LogP contribution in [-0.4, -0.2) is 4.40 Å². The molecular weight excluding hydrogens is 542 g/mol. The molecule has 212 valence electrons. The predicted octanol–water partition coefficient (Wildman–Crippen LogP) is 11.8. The summed E-state index contributed by atoms with van der Waals surface area (Å²) >= 11 is 0. The van der Waals surface area contributed by atoms with E-state index < -0.39 is 0 Å². The quantitative estimate of drug-likeness (QED) is 0.159. The summed E-state index contributed by atoms with van der Waals surface area (Å²) in [4.78, 5) is 0. The summed E-state index contributed by atoms with van der Waals surface area (Å²) in [5.41, 5.74) is 15.1. The Labute approximate surface area is 261 Å². The number of benzene rings is 7. The van der Waals surface area contributed by atoms with Crippen LogP contribution in [0.5, 0.6) is 0 Å². The molecule has 0 aliphatic heterocycles. The van der Waals surface area contributed by atoms with Crippen molar-refractivity contribution in [2.24, 2.45) is 0 Å². The normalized spacial score (nSPS) is 15.9. The number of aromatic nitrogens is 1. The molecule has 0 spiro atoms. The Bertz CT molecular complexity index is 2800. The standard InChI is InChI=1S/C44H31N/c1-43(2)35-15-9-7-13-26(35)30-20-32-33-19-29-25-12-6-5-11-24(25)17-18-28(29)41-34-21-31-27-14-8-10-16-36(27)44(3,4)38(31)23-40(34)45(42(33)41)39(32)22-37(30)43/h5-23H,1-4H3. The van der Waals surface area contributed by atoms with E-state index in [0.29, 0.717) is 0 Å². The Hall–Kier alpha value is -5.14. The van der Waals surface area contributed by atoms with Gasteiger partial charge in [0.2, 0.25) is 0 Å². The Kier molecular flexibility index (Phi) is 4.07. The van der Waals surface area contributed by atoms with Crippen molar-refractivity contribution in [2.45, 2.75) is 38.5 Å². The van der Waals surface area contributed by atoms with Crippen LogP contribution in [0.4, 0.5) is 0 Å². The second-order valence-corrected chi connectivity index (χ2v) is 14.5. The molecule has 1 heteroatoms. The van der Waals surface area contributed by atoms with Gasteiger partial charge in [-0.3, -0.25) is 0 Å². The second kappa shape index (κ2) is 7.56. The van der Waals surface area contributed by atoms with Crippen molar-refractivity contribution in [1.29, 1.82) is 0 Å². The number of rotatable bonds is 0. The lowest BCUT2D eigenvalue weighted by Crippen LogP contribution is -2.15. The molecule has 2 aliphatic rings. The lowest BCUT2D eigenvalue weighted by atomic mass is 9.82. The van der Waals surface area contributed by atoms with Crippen molar-refractivity contribution in [3.63, 3.8) is 0 Å². The summed E-state index contributed by atoms with van der Waals surface area (Å²) < 4.78 is 2.61. The van der Waals surface area contributed by atoms with Crippen LogP contribution in [0.25, 0.3) is 81.9 Å². The van der Waals surface area contributed by atoms with E-state index in [1.165, 1.54) is 104 Å². The molecule has 2 aliphatic carbocycles. The highest BCUT2D eigenvalue weighted by atomic mass is 14.9. The zero-order valence-corrected chi connectivity index (χ0v) is 25.9. The Morgan fingerprint density at radius 3 is 1.67 bits per heavy atom. The molecule has 11 rings (SSSR count). The van der Waals surface area contributed by atoms with Crippen molar-refractivity contribution < 1.29 is 0 Å². The monoisotopic (exact) mass is 573 g/mol. The van der Waals surface area contributed by atoms with Crippen LogP contribution in [-0.2, 0) is 10.8 Å². The van der Waals surface area contributed by atoms with E-state index in [2.05, 4.69) is 147 Å². The molecular formula is C44H31N. The molecule has 0 radical (unpaired) electrons. The van der Waals surface area contributed by atoms with Crippen LogP contribution in [0.3, 0.4) is 0 Å². The maximum Gasteiger partial charge on any atom is 0.0626 e. The van der Waals surface area contributed by atoms with Gasteiger partial charge in [-0.05, 0) is 96.4 Å². The zero-order valence-electron chi connectivity index (χ0n) is 25.9. The first kappa shape index (κ1) is 24.2. The molecule has 1 nitrogen and oxygen atoms in total. The maximum absolute atomic E-state index is 2.61. The maximum atomic E-state index is 2.61. The predicted molar refractivity (Wildman–Crippen MR) is 191 cm³/mol. The first-order valence-corrected chi connectivity index (χ1v) is 16.2. The average Bonchev–Trinajstić information content (AvgIpc) is 3.71. The molecule has 0 saturated heterocycles. The minimum absolute atomic E-state index is 0.0520. The number of fused-ring (bicyclic) bond motifs is 16. The summed E-state index contributed by atoms with van der Waals surface area (Å²) in [6.07, 6.45) is 0. The fourth-order valence-electron chi connectivity index (χ4n) is 9.48. The molecule has 0 atom stereocenters. The minimum atomic E-state index is -0.0546. The van der Waals surface area contributed by atoms with Gasteiger partial charge >= 0.3 is 0 Å². The van der Waals surface area contributed by atoms with Gasteiger partial charge in [0.25, 0.3) is 0 Å². The lowest BCUT2D eigenvalue weighted by molar-refractivity contribution is 0.661. The summed E-state index contributed by atoms with van der Waals surface area (Å²) in [5.74, 6) is 0. The van der Waals surface area contributed by atoms with Crippen LogP contribution in [0.2, 0.25) is 0 Å². The van der Waals surface area contributed by atoms with Crippen molar-refractivity contribution in [3.8, 4) is 22.3 Å². The number of hydrogen-bond donors (Lipinski definition) is 0. The molecule has 0 saturated carbocycles. The van der Waals surface area contributed by atoms with Gasteiger partial charge in [-0.25, -0.2) is 0 Å². The summed E-state index contributed by atoms with van der Waals surface area (Å²) in [7, 11) is 0.